The van der Waals surface area contributed by atoms with Crippen LogP contribution in [0, 0.1) is 0 Å². The van der Waals surface area contributed by atoms with Crippen LogP contribution in [0.1, 0.15) is 0 Å². The molecule has 96 valence electrons. The number of hydrogen-bond donors (Lipinski definition) is 2. The van der Waals surface area contributed by atoms with E-state index < -0.39 is 0 Å². The van der Waals surface area contributed by atoms with Crippen LogP contribution in [0.5, 0.6) is 5.75 Å². The van der Waals surface area contributed by atoms with Crippen LogP contribution in [0.4, 0.5) is 0 Å². The predicted octanol–water partition coefficient (Wildman–Crippen LogP) is 4.82. The number of aromatic amines is 1. The molecule has 0 radical (unpaired) electrons. The molecule has 3 aromatic rings. The van der Waals surface area contributed by atoms with Crippen LogP contribution in [-0.4, -0.2) is 15.1 Å². The standard InChI is InChI=1S/C13H8Cl2N2OS/c14-8-5-9(16-12(8)15)13-17-10(6-19-13)7-3-1-2-4-11(7)18/h1-6,16,18H. The number of nitrogens with one attached hydrogen (secondary N) is 1. The van der Waals surface area contributed by atoms with E-state index in [1.165, 1.54) is 11.3 Å². The smallest absolute Gasteiger partial charge is 0.140 e. The quantitative estimate of drug-likeness (QED) is 0.713. The van der Waals surface area contributed by atoms with Gasteiger partial charge in [-0.05, 0) is 18.2 Å². The molecule has 0 aliphatic rings. The van der Waals surface area contributed by atoms with E-state index in [1.54, 1.807) is 18.2 Å². The maximum absolute atomic E-state index is 9.81. The Kier molecular flexibility index (Phi) is 3.22. The molecule has 0 unspecified atom stereocenters. The summed E-state index contributed by atoms with van der Waals surface area (Å²) in [4.78, 5) is 7.43. The fourth-order valence-electron chi connectivity index (χ4n) is 1.73. The molecule has 2 aromatic heterocycles. The van der Waals surface area contributed by atoms with E-state index in [0.717, 1.165) is 16.4 Å². The lowest BCUT2D eigenvalue weighted by atomic mass is 10.1. The highest BCUT2D eigenvalue weighted by Crippen LogP contribution is 2.34. The molecule has 1 aromatic carbocycles. The zero-order chi connectivity index (χ0) is 13.4. The molecule has 0 amide bonds. The van der Waals surface area contributed by atoms with Gasteiger partial charge >= 0.3 is 0 Å². The van der Waals surface area contributed by atoms with Crippen molar-refractivity contribution < 1.29 is 5.11 Å². The lowest BCUT2D eigenvalue weighted by Crippen LogP contribution is -1.80. The normalized spacial score (nSPS) is 10.8. The van der Waals surface area contributed by atoms with Gasteiger partial charge in [-0.1, -0.05) is 35.3 Å². The number of halogens is 2. The fourth-order valence-corrected chi connectivity index (χ4v) is 2.83. The summed E-state index contributed by atoms with van der Waals surface area (Å²) >= 11 is 13.2. The minimum absolute atomic E-state index is 0.210. The van der Waals surface area contributed by atoms with E-state index in [9.17, 15) is 5.11 Å². The summed E-state index contributed by atoms with van der Waals surface area (Å²) in [5.74, 6) is 0.210. The van der Waals surface area contributed by atoms with Crippen LogP contribution in [0.3, 0.4) is 0 Å². The van der Waals surface area contributed by atoms with Crippen LogP contribution in [0.15, 0.2) is 35.7 Å². The van der Waals surface area contributed by atoms with Crippen molar-refractivity contribution in [2.45, 2.75) is 0 Å². The molecule has 2 N–H and O–H groups in total. The second kappa shape index (κ2) is 4.89. The van der Waals surface area contributed by atoms with Gasteiger partial charge in [-0.3, -0.25) is 0 Å². The van der Waals surface area contributed by atoms with Crippen LogP contribution >= 0.6 is 34.5 Å². The van der Waals surface area contributed by atoms with Gasteiger partial charge in [0.15, 0.2) is 0 Å². The van der Waals surface area contributed by atoms with Crippen molar-refractivity contribution >= 4 is 34.5 Å². The Hall–Kier alpha value is -1.49. The second-order valence-corrected chi connectivity index (χ2v) is 5.54. The molecule has 0 fully saturated rings. The predicted molar refractivity (Wildman–Crippen MR) is 79.0 cm³/mol. The highest BCUT2D eigenvalue weighted by atomic mass is 35.5. The molecular weight excluding hydrogens is 303 g/mol. The Morgan fingerprint density at radius 2 is 2.00 bits per heavy atom. The number of benzene rings is 1. The number of H-pyrrole nitrogens is 1. The average molecular weight is 311 g/mol. The van der Waals surface area contributed by atoms with Crippen molar-refractivity contribution in [3.8, 4) is 27.7 Å². The number of nitrogens with zero attached hydrogens (tertiary/aromatic N) is 1. The van der Waals surface area contributed by atoms with Gasteiger partial charge in [0.2, 0.25) is 0 Å². The van der Waals surface area contributed by atoms with Crippen LogP contribution in [0.2, 0.25) is 10.2 Å². The monoisotopic (exact) mass is 310 g/mol. The van der Waals surface area contributed by atoms with Gasteiger partial charge in [0, 0.05) is 10.9 Å². The van der Waals surface area contributed by atoms with Gasteiger partial charge in [0.1, 0.15) is 15.9 Å². The van der Waals surface area contributed by atoms with E-state index in [1.807, 2.05) is 17.5 Å². The van der Waals surface area contributed by atoms with E-state index in [-0.39, 0.29) is 5.75 Å². The molecule has 0 spiro atoms. The zero-order valence-corrected chi connectivity index (χ0v) is 11.9. The summed E-state index contributed by atoms with van der Waals surface area (Å²) in [5.41, 5.74) is 2.19. The van der Waals surface area contributed by atoms with Crippen molar-refractivity contribution in [2.24, 2.45) is 0 Å². The van der Waals surface area contributed by atoms with Gasteiger partial charge in [-0.15, -0.1) is 11.3 Å². The Morgan fingerprint density at radius 3 is 2.68 bits per heavy atom. The van der Waals surface area contributed by atoms with Crippen molar-refractivity contribution in [3.05, 3.63) is 45.9 Å². The first-order valence-corrected chi connectivity index (χ1v) is 7.07. The molecule has 6 heteroatoms. The summed E-state index contributed by atoms with van der Waals surface area (Å²) < 4.78 is 0. The first-order valence-electron chi connectivity index (χ1n) is 5.43. The highest BCUT2D eigenvalue weighted by molar-refractivity contribution is 7.13. The molecule has 2 heterocycles. The number of aromatic nitrogens is 2. The highest BCUT2D eigenvalue weighted by Gasteiger charge is 2.12. The molecule has 0 bridgehead atoms. The maximum atomic E-state index is 9.81. The third-order valence-electron chi connectivity index (χ3n) is 2.64. The van der Waals surface area contributed by atoms with Gasteiger partial charge in [0.05, 0.1) is 16.4 Å². The Balaban J connectivity index is 2.02. The minimum atomic E-state index is 0.210. The zero-order valence-electron chi connectivity index (χ0n) is 9.52. The summed E-state index contributed by atoms with van der Waals surface area (Å²) in [5, 5.41) is 13.3. The SMILES string of the molecule is Oc1ccccc1-c1csc(-c2cc(Cl)c(Cl)[nH]2)n1. The van der Waals surface area contributed by atoms with Crippen LogP contribution < -0.4 is 0 Å². The van der Waals surface area contributed by atoms with Crippen molar-refractivity contribution in [3.63, 3.8) is 0 Å². The largest absolute Gasteiger partial charge is 0.507 e. The van der Waals surface area contributed by atoms with Gasteiger partial charge in [-0.2, -0.15) is 0 Å². The number of aromatic hydroxyl groups is 1. The first kappa shape index (κ1) is 12.5. The number of phenols is 1. The Bertz CT molecular complexity index is 716. The maximum Gasteiger partial charge on any atom is 0.140 e. The van der Waals surface area contributed by atoms with E-state index in [0.29, 0.717) is 15.7 Å². The van der Waals surface area contributed by atoms with Gasteiger partial charge in [-0.25, -0.2) is 4.98 Å². The first-order chi connectivity index (χ1) is 9.15. The molecule has 0 saturated heterocycles. The number of rotatable bonds is 2. The van der Waals surface area contributed by atoms with E-state index in [4.69, 9.17) is 23.2 Å². The Labute approximate surface area is 123 Å². The molecule has 3 nitrogen and oxygen atoms in total. The third-order valence-corrected chi connectivity index (χ3v) is 4.21. The second-order valence-electron chi connectivity index (χ2n) is 3.90. The molecule has 19 heavy (non-hydrogen) atoms. The number of phenolic OH excluding ortho intramolecular Hbond substituents is 1. The molecule has 3 rings (SSSR count). The third kappa shape index (κ3) is 2.34. The number of para-hydroxylation sites is 1. The summed E-state index contributed by atoms with van der Waals surface area (Å²) in [6.07, 6.45) is 0. The topological polar surface area (TPSA) is 48.9 Å². The fraction of sp³-hybridized carbons (Fsp3) is 0. The van der Waals surface area contributed by atoms with Crippen molar-refractivity contribution in [1.82, 2.24) is 9.97 Å². The summed E-state index contributed by atoms with van der Waals surface area (Å²) in [6.45, 7) is 0. The Morgan fingerprint density at radius 1 is 1.21 bits per heavy atom. The minimum Gasteiger partial charge on any atom is -0.507 e. The summed E-state index contributed by atoms with van der Waals surface area (Å²) in [7, 11) is 0. The van der Waals surface area contributed by atoms with Crippen LogP contribution in [0.25, 0.3) is 22.0 Å². The lowest BCUT2D eigenvalue weighted by molar-refractivity contribution is 0.477. The summed E-state index contributed by atoms with van der Waals surface area (Å²) in [6, 6.07) is 8.82. The van der Waals surface area contributed by atoms with E-state index >= 15 is 0 Å². The van der Waals surface area contributed by atoms with Gasteiger partial charge in [0.25, 0.3) is 0 Å². The molecule has 0 aliphatic carbocycles. The van der Waals surface area contributed by atoms with E-state index in [2.05, 4.69) is 9.97 Å². The molecule has 0 atom stereocenters. The lowest BCUT2D eigenvalue weighted by Gasteiger charge is -1.99. The molecule has 0 saturated carbocycles. The number of hydrogen-bond acceptors (Lipinski definition) is 3. The average Bonchev–Trinajstić information content (AvgIpc) is 2.98. The molecular formula is C13H8Cl2N2OS. The molecule has 0 aliphatic heterocycles. The van der Waals surface area contributed by atoms with Crippen LogP contribution in [-0.2, 0) is 0 Å². The van der Waals surface area contributed by atoms with Crippen molar-refractivity contribution in [2.75, 3.05) is 0 Å². The number of thiazole rings is 1. The van der Waals surface area contributed by atoms with Crippen molar-refractivity contribution in [1.29, 1.82) is 0 Å². The van der Waals surface area contributed by atoms with Gasteiger partial charge < -0.3 is 10.1 Å².